The molecule has 1 aromatic carbocycles. The highest BCUT2D eigenvalue weighted by molar-refractivity contribution is 5.94. The Morgan fingerprint density at radius 2 is 1.86 bits per heavy atom. The number of rotatable bonds is 13. The molecule has 1 aromatic heterocycles. The van der Waals surface area contributed by atoms with Gasteiger partial charge in [-0.1, -0.05) is 61.5 Å². The second-order valence-electron chi connectivity index (χ2n) is 12.1. The van der Waals surface area contributed by atoms with Crippen LogP contribution in [-0.4, -0.2) is 59.1 Å². The summed E-state index contributed by atoms with van der Waals surface area (Å²) >= 11 is 0. The van der Waals surface area contributed by atoms with E-state index < -0.39 is 0 Å². The summed E-state index contributed by atoms with van der Waals surface area (Å²) in [6, 6.07) is 13.7. The first-order valence-corrected chi connectivity index (χ1v) is 16.1. The Balaban J connectivity index is 1.32. The largest absolute Gasteiger partial charge is 0.362 e. The van der Waals surface area contributed by atoms with Crippen LogP contribution < -0.4 is 0 Å². The predicted octanol–water partition coefficient (Wildman–Crippen LogP) is 7.86. The zero-order valence-electron chi connectivity index (χ0n) is 26.5. The summed E-state index contributed by atoms with van der Waals surface area (Å²) in [5, 5.41) is 4.51. The lowest BCUT2D eigenvalue weighted by atomic mass is 9.69. The number of unbranched alkanes of at least 4 members (excludes halogenated alkanes) is 1. The van der Waals surface area contributed by atoms with Crippen LogP contribution in [-0.2, 0) is 11.3 Å². The van der Waals surface area contributed by atoms with Gasteiger partial charge in [-0.05, 0) is 113 Å². The van der Waals surface area contributed by atoms with Gasteiger partial charge in [-0.3, -0.25) is 9.78 Å². The summed E-state index contributed by atoms with van der Waals surface area (Å²) in [7, 11) is 0. The lowest BCUT2D eigenvalue weighted by molar-refractivity contribution is 0.0590. The summed E-state index contributed by atoms with van der Waals surface area (Å²) in [5.74, 6) is 1.57. The minimum Gasteiger partial charge on any atom is -0.362 e. The van der Waals surface area contributed by atoms with Gasteiger partial charge in [0, 0.05) is 43.4 Å². The summed E-state index contributed by atoms with van der Waals surface area (Å²) in [6.45, 7) is 15.2. The first-order chi connectivity index (χ1) is 21.0. The van der Waals surface area contributed by atoms with Gasteiger partial charge in [0.1, 0.15) is 5.76 Å². The van der Waals surface area contributed by atoms with Gasteiger partial charge >= 0.3 is 0 Å². The molecule has 2 saturated heterocycles. The van der Waals surface area contributed by atoms with Crippen LogP contribution >= 0.6 is 0 Å². The molecule has 2 aliphatic rings. The van der Waals surface area contributed by atoms with Gasteiger partial charge in [0.25, 0.3) is 5.91 Å². The van der Waals surface area contributed by atoms with Crippen molar-refractivity contribution in [1.29, 1.82) is 0 Å². The SMILES string of the molecule is C=C/C(=C\C)C1(CCN2CCC(/C(=C\CCC)O/N=C(\C)Cc3cccnc3)CC2)CCN(C(=O)c2ccccc2)CC1. The number of hydrogen-bond donors (Lipinski definition) is 0. The van der Waals surface area contributed by atoms with Gasteiger partial charge in [0.15, 0.2) is 0 Å². The monoisotopic (exact) mass is 582 g/mol. The highest BCUT2D eigenvalue weighted by atomic mass is 16.6. The zero-order valence-corrected chi connectivity index (χ0v) is 26.5. The molecule has 0 N–H and O–H groups in total. The molecule has 0 bridgehead atoms. The molecule has 0 spiro atoms. The van der Waals surface area contributed by atoms with Crippen molar-refractivity contribution in [3.63, 3.8) is 0 Å². The number of aromatic nitrogens is 1. The van der Waals surface area contributed by atoms with E-state index in [9.17, 15) is 4.79 Å². The Bertz CT molecular complexity index is 1250. The summed E-state index contributed by atoms with van der Waals surface area (Å²) in [4.78, 5) is 28.1. The van der Waals surface area contributed by atoms with Crippen molar-refractivity contribution >= 4 is 11.6 Å². The fourth-order valence-corrected chi connectivity index (χ4v) is 6.56. The molecular weight excluding hydrogens is 532 g/mol. The Morgan fingerprint density at radius 1 is 1.12 bits per heavy atom. The molecule has 6 nitrogen and oxygen atoms in total. The molecule has 4 rings (SSSR count). The smallest absolute Gasteiger partial charge is 0.253 e. The number of pyridine rings is 1. The number of nitrogens with zero attached hydrogens (tertiary/aromatic N) is 4. The van der Waals surface area contributed by atoms with E-state index in [4.69, 9.17) is 4.84 Å². The van der Waals surface area contributed by atoms with E-state index in [0.29, 0.717) is 5.92 Å². The van der Waals surface area contributed by atoms with E-state index in [1.165, 1.54) is 5.57 Å². The fraction of sp³-hybridized carbons (Fsp3) is 0.486. The van der Waals surface area contributed by atoms with Gasteiger partial charge in [0.05, 0.1) is 5.71 Å². The number of hydrogen-bond acceptors (Lipinski definition) is 5. The van der Waals surface area contributed by atoms with Crippen molar-refractivity contribution in [1.82, 2.24) is 14.8 Å². The van der Waals surface area contributed by atoms with Crippen LogP contribution in [0.2, 0.25) is 0 Å². The maximum absolute atomic E-state index is 13.1. The lowest BCUT2D eigenvalue weighted by Crippen LogP contribution is -2.45. The van der Waals surface area contributed by atoms with Crippen molar-refractivity contribution in [3.05, 3.63) is 102 Å². The number of oxime groups is 1. The molecule has 0 atom stereocenters. The van der Waals surface area contributed by atoms with Crippen LogP contribution in [0.15, 0.2) is 96.2 Å². The molecule has 0 radical (unpaired) electrons. The molecule has 43 heavy (non-hydrogen) atoms. The molecule has 6 heteroatoms. The molecule has 1 amide bonds. The normalized spacial score (nSPS) is 18.9. The Hall–Kier alpha value is -3.51. The van der Waals surface area contributed by atoms with Crippen molar-refractivity contribution in [3.8, 4) is 0 Å². The zero-order chi connectivity index (χ0) is 30.5. The number of allylic oxidation sites excluding steroid dienone is 5. The molecule has 230 valence electrons. The quantitative estimate of drug-likeness (QED) is 0.104. The molecule has 0 unspecified atom stereocenters. The van der Waals surface area contributed by atoms with E-state index in [0.717, 1.165) is 107 Å². The van der Waals surface area contributed by atoms with E-state index in [2.05, 4.69) is 53.7 Å². The molecular formula is C37H50N4O2. The molecule has 3 heterocycles. The third-order valence-electron chi connectivity index (χ3n) is 9.19. The maximum Gasteiger partial charge on any atom is 0.253 e. The number of likely N-dealkylation sites (tertiary alicyclic amines) is 2. The summed E-state index contributed by atoms with van der Waals surface area (Å²) < 4.78 is 0. The van der Waals surface area contributed by atoms with E-state index in [1.54, 1.807) is 6.20 Å². The van der Waals surface area contributed by atoms with Crippen LogP contribution in [0.4, 0.5) is 0 Å². The number of carbonyl (C=O) groups excluding carboxylic acids is 1. The Labute approximate surface area is 259 Å². The molecule has 2 aliphatic heterocycles. The summed E-state index contributed by atoms with van der Waals surface area (Å²) in [6.07, 6.45) is 18.2. The highest BCUT2D eigenvalue weighted by Crippen LogP contribution is 2.43. The molecule has 2 aromatic rings. The highest BCUT2D eigenvalue weighted by Gasteiger charge is 2.38. The standard InChI is InChI=1S/C37H50N4O2/c1-5-8-16-35(43-39-30(4)28-31-13-12-22-38-29-31)32-17-23-40(24-18-32)25-19-37(34(6-2)7-3)20-26-41(27-21-37)36(42)33-14-10-9-11-15-33/h6-7,9-16,22,29,32H,2,5,8,17-21,23-28H2,1,3-4H3/b34-7+,35-16+,39-30+. The van der Waals surface area contributed by atoms with E-state index in [-0.39, 0.29) is 11.3 Å². The minimum atomic E-state index is 0.0661. The molecule has 0 aliphatic carbocycles. The molecule has 0 saturated carbocycles. The minimum absolute atomic E-state index is 0.0661. The van der Waals surface area contributed by atoms with Crippen LogP contribution in [0.3, 0.4) is 0 Å². The number of benzene rings is 1. The van der Waals surface area contributed by atoms with E-state index >= 15 is 0 Å². The number of amides is 1. The lowest BCUT2D eigenvalue weighted by Gasteiger charge is -2.44. The van der Waals surface area contributed by atoms with Gasteiger partial charge in [-0.15, -0.1) is 0 Å². The van der Waals surface area contributed by atoms with Gasteiger partial charge in [-0.25, -0.2) is 0 Å². The summed E-state index contributed by atoms with van der Waals surface area (Å²) in [5.41, 5.74) is 4.27. The average Bonchev–Trinajstić information content (AvgIpc) is 3.05. The second-order valence-corrected chi connectivity index (χ2v) is 12.1. The van der Waals surface area contributed by atoms with Gasteiger partial charge in [-0.2, -0.15) is 0 Å². The van der Waals surface area contributed by atoms with Crippen molar-refractivity contribution in [2.24, 2.45) is 16.5 Å². The maximum atomic E-state index is 13.1. The Kier molecular flexibility index (Phi) is 12.3. The Morgan fingerprint density at radius 3 is 2.49 bits per heavy atom. The predicted molar refractivity (Wildman–Crippen MR) is 177 cm³/mol. The van der Waals surface area contributed by atoms with Gasteiger partial charge < -0.3 is 14.6 Å². The second kappa shape index (κ2) is 16.4. The van der Waals surface area contributed by atoms with Gasteiger partial charge in [0.2, 0.25) is 0 Å². The van der Waals surface area contributed by atoms with Crippen molar-refractivity contribution in [2.45, 2.75) is 72.1 Å². The molecule has 2 fully saturated rings. The van der Waals surface area contributed by atoms with Crippen molar-refractivity contribution in [2.75, 3.05) is 32.7 Å². The fourth-order valence-electron chi connectivity index (χ4n) is 6.56. The third-order valence-corrected chi connectivity index (χ3v) is 9.19. The van der Waals surface area contributed by atoms with Crippen LogP contribution in [0.25, 0.3) is 0 Å². The first kappa shape index (κ1) is 32.4. The third kappa shape index (κ3) is 8.99. The van der Waals surface area contributed by atoms with E-state index in [1.807, 2.05) is 60.5 Å². The van der Waals surface area contributed by atoms with Crippen LogP contribution in [0, 0.1) is 11.3 Å². The number of carbonyl (C=O) groups is 1. The van der Waals surface area contributed by atoms with Crippen LogP contribution in [0.5, 0.6) is 0 Å². The first-order valence-electron chi connectivity index (χ1n) is 16.1. The number of piperidine rings is 2. The average molecular weight is 583 g/mol. The van der Waals surface area contributed by atoms with Crippen molar-refractivity contribution < 1.29 is 9.63 Å². The van der Waals surface area contributed by atoms with Crippen LogP contribution in [0.1, 0.15) is 81.6 Å². The topological polar surface area (TPSA) is 58.0 Å².